The predicted octanol–water partition coefficient (Wildman–Crippen LogP) is 3.46. The van der Waals surface area contributed by atoms with E-state index < -0.39 is 11.9 Å². The zero-order valence-corrected chi connectivity index (χ0v) is 14.0. The predicted molar refractivity (Wildman–Crippen MR) is 93.7 cm³/mol. The zero-order valence-electron chi connectivity index (χ0n) is 14.0. The number of nitrogens with zero attached hydrogens (tertiary/aromatic N) is 2. The van der Waals surface area contributed by atoms with Crippen molar-refractivity contribution in [2.24, 2.45) is 0 Å². The molecule has 0 aliphatic heterocycles. The Labute approximate surface area is 149 Å². The number of carbonyl (C=O) groups is 1. The molecule has 0 spiro atoms. The van der Waals surface area contributed by atoms with E-state index in [4.69, 9.17) is 9.47 Å². The lowest BCUT2D eigenvalue weighted by Crippen LogP contribution is -2.12. The second kappa shape index (κ2) is 8.06. The van der Waals surface area contributed by atoms with Crippen molar-refractivity contribution >= 4 is 11.6 Å². The lowest BCUT2D eigenvalue weighted by molar-refractivity contribution is 0.102. The molecule has 132 valence electrons. The van der Waals surface area contributed by atoms with Crippen LogP contribution in [0.2, 0.25) is 0 Å². The highest BCUT2D eigenvalue weighted by Gasteiger charge is 2.11. The number of benzene rings is 1. The number of methoxy groups -OCH3 is 1. The number of ether oxygens (including phenoxy) is 2. The van der Waals surface area contributed by atoms with Gasteiger partial charge in [0.15, 0.2) is 11.5 Å². The van der Waals surface area contributed by atoms with Gasteiger partial charge in [0, 0.05) is 47.5 Å². The number of nitrogens with one attached hydrogen (secondary N) is 1. The van der Waals surface area contributed by atoms with Gasteiger partial charge in [-0.1, -0.05) is 6.07 Å². The van der Waals surface area contributed by atoms with Crippen molar-refractivity contribution in [3.8, 4) is 11.5 Å². The Kier molecular flexibility index (Phi) is 5.38. The molecule has 0 fully saturated rings. The molecule has 0 aliphatic rings. The van der Waals surface area contributed by atoms with Crippen LogP contribution >= 0.6 is 0 Å². The van der Waals surface area contributed by atoms with Gasteiger partial charge >= 0.3 is 0 Å². The average Bonchev–Trinajstić information content (AvgIpc) is 2.67. The van der Waals surface area contributed by atoms with Crippen molar-refractivity contribution in [2.45, 2.75) is 6.61 Å². The number of pyridine rings is 2. The van der Waals surface area contributed by atoms with Crippen LogP contribution in [-0.2, 0) is 6.61 Å². The lowest BCUT2D eigenvalue weighted by atomic mass is 10.2. The Morgan fingerprint density at radius 2 is 2.04 bits per heavy atom. The molecule has 1 amide bonds. The van der Waals surface area contributed by atoms with Crippen molar-refractivity contribution in [3.63, 3.8) is 0 Å². The molecule has 0 aliphatic carbocycles. The number of anilines is 1. The van der Waals surface area contributed by atoms with Gasteiger partial charge in [-0.15, -0.1) is 0 Å². The topological polar surface area (TPSA) is 73.3 Å². The van der Waals surface area contributed by atoms with Crippen LogP contribution in [0.4, 0.5) is 10.1 Å². The summed E-state index contributed by atoms with van der Waals surface area (Å²) >= 11 is 0. The summed E-state index contributed by atoms with van der Waals surface area (Å²) in [5.41, 5.74) is 1.57. The summed E-state index contributed by atoms with van der Waals surface area (Å²) in [5, 5.41) is 2.69. The Morgan fingerprint density at radius 1 is 1.15 bits per heavy atom. The highest BCUT2D eigenvalue weighted by atomic mass is 19.1. The minimum atomic E-state index is -0.715. The monoisotopic (exact) mass is 353 g/mol. The fourth-order valence-electron chi connectivity index (χ4n) is 2.26. The fraction of sp³-hybridized carbons (Fsp3) is 0.105. The molecule has 2 heterocycles. The molecule has 3 rings (SSSR count). The van der Waals surface area contributed by atoms with Crippen LogP contribution in [0.15, 0.2) is 61.1 Å². The Hall–Kier alpha value is -3.48. The summed E-state index contributed by atoms with van der Waals surface area (Å²) in [6.07, 6.45) is 4.62. The lowest BCUT2D eigenvalue weighted by Gasteiger charge is -2.13. The highest BCUT2D eigenvalue weighted by Crippen LogP contribution is 2.31. The number of amides is 1. The molecule has 26 heavy (non-hydrogen) atoms. The largest absolute Gasteiger partial charge is 0.493 e. The van der Waals surface area contributed by atoms with Crippen molar-refractivity contribution < 1.29 is 18.7 Å². The Bertz CT molecular complexity index is 904. The van der Waals surface area contributed by atoms with Gasteiger partial charge in [0.05, 0.1) is 7.11 Å². The molecule has 0 bridgehead atoms. The first-order valence-electron chi connectivity index (χ1n) is 7.78. The number of hydrogen-bond acceptors (Lipinski definition) is 5. The van der Waals surface area contributed by atoms with Gasteiger partial charge in [-0.05, 0) is 24.3 Å². The van der Waals surface area contributed by atoms with Gasteiger partial charge in [-0.25, -0.2) is 4.98 Å². The van der Waals surface area contributed by atoms with Crippen LogP contribution in [0.5, 0.6) is 11.5 Å². The van der Waals surface area contributed by atoms with Crippen LogP contribution in [0.25, 0.3) is 0 Å². The van der Waals surface area contributed by atoms with Crippen LogP contribution in [0.1, 0.15) is 15.9 Å². The van der Waals surface area contributed by atoms with Gasteiger partial charge in [0.1, 0.15) is 6.61 Å². The first-order valence-corrected chi connectivity index (χ1v) is 7.78. The molecule has 2 aromatic heterocycles. The fourth-order valence-corrected chi connectivity index (χ4v) is 2.26. The molecule has 6 nitrogen and oxygen atoms in total. The van der Waals surface area contributed by atoms with Gasteiger partial charge in [0.2, 0.25) is 5.95 Å². The minimum absolute atomic E-state index is 0.172. The maximum absolute atomic E-state index is 13.2. The SMILES string of the molecule is COc1ccc(NC(=O)c2ccnc(F)c2)cc1OCc1cccnc1. The highest BCUT2D eigenvalue weighted by molar-refractivity contribution is 6.04. The van der Waals surface area contributed by atoms with Gasteiger partial charge in [0.25, 0.3) is 5.91 Å². The molecule has 0 radical (unpaired) electrons. The molecule has 7 heteroatoms. The number of aromatic nitrogens is 2. The summed E-state index contributed by atoms with van der Waals surface area (Å²) in [7, 11) is 1.53. The molecule has 0 atom stereocenters. The van der Waals surface area contributed by atoms with Crippen LogP contribution in [0, 0.1) is 5.95 Å². The van der Waals surface area contributed by atoms with E-state index >= 15 is 0 Å². The summed E-state index contributed by atoms with van der Waals surface area (Å²) in [4.78, 5) is 19.7. The van der Waals surface area contributed by atoms with Gasteiger partial charge in [-0.2, -0.15) is 4.39 Å². The third-order valence-corrected chi connectivity index (χ3v) is 3.53. The summed E-state index contributed by atoms with van der Waals surface area (Å²) in [6, 6.07) is 11.2. The summed E-state index contributed by atoms with van der Waals surface area (Å²) in [5.74, 6) is -0.167. The maximum Gasteiger partial charge on any atom is 0.255 e. The molecular weight excluding hydrogens is 337 g/mol. The molecule has 1 aromatic carbocycles. The Morgan fingerprint density at radius 3 is 2.77 bits per heavy atom. The molecular formula is C19H16FN3O3. The molecule has 0 unspecified atom stereocenters. The van der Waals surface area contributed by atoms with E-state index in [1.807, 2.05) is 12.1 Å². The van der Waals surface area contributed by atoms with Crippen LogP contribution < -0.4 is 14.8 Å². The average molecular weight is 353 g/mol. The third kappa shape index (κ3) is 4.32. The maximum atomic E-state index is 13.2. The number of halogens is 1. The van der Waals surface area contributed by atoms with Crippen molar-refractivity contribution in [2.75, 3.05) is 12.4 Å². The molecule has 3 aromatic rings. The van der Waals surface area contributed by atoms with Crippen molar-refractivity contribution in [1.82, 2.24) is 9.97 Å². The standard InChI is InChI=1S/C19H16FN3O3/c1-25-16-5-4-15(23-19(24)14-6-8-22-18(20)9-14)10-17(16)26-12-13-3-2-7-21-11-13/h2-11H,12H2,1H3,(H,23,24). The second-order valence-electron chi connectivity index (χ2n) is 5.34. The van der Waals surface area contributed by atoms with E-state index in [-0.39, 0.29) is 5.56 Å². The second-order valence-corrected chi connectivity index (χ2v) is 5.34. The molecule has 0 saturated heterocycles. The third-order valence-electron chi connectivity index (χ3n) is 3.53. The Balaban J connectivity index is 1.75. The quantitative estimate of drug-likeness (QED) is 0.687. The first-order chi connectivity index (χ1) is 12.7. The van der Waals surface area contributed by atoms with Crippen LogP contribution in [-0.4, -0.2) is 23.0 Å². The smallest absolute Gasteiger partial charge is 0.255 e. The van der Waals surface area contributed by atoms with E-state index in [0.717, 1.165) is 11.6 Å². The normalized spacial score (nSPS) is 10.2. The number of carbonyl (C=O) groups excluding carboxylic acids is 1. The number of rotatable bonds is 6. The van der Waals surface area contributed by atoms with E-state index in [1.165, 1.54) is 19.4 Å². The van der Waals surface area contributed by atoms with E-state index in [1.54, 1.807) is 30.6 Å². The van der Waals surface area contributed by atoms with Gasteiger partial charge in [-0.3, -0.25) is 9.78 Å². The summed E-state index contributed by atoms with van der Waals surface area (Å²) in [6.45, 7) is 0.303. The van der Waals surface area contributed by atoms with E-state index in [9.17, 15) is 9.18 Å². The molecule has 1 N–H and O–H groups in total. The molecule has 0 saturated carbocycles. The van der Waals surface area contributed by atoms with Crippen molar-refractivity contribution in [3.05, 3.63) is 78.1 Å². The summed E-state index contributed by atoms with van der Waals surface area (Å²) < 4.78 is 24.2. The first kappa shape index (κ1) is 17.3. The minimum Gasteiger partial charge on any atom is -0.493 e. The van der Waals surface area contributed by atoms with Crippen LogP contribution in [0.3, 0.4) is 0 Å². The van der Waals surface area contributed by atoms with E-state index in [0.29, 0.717) is 23.8 Å². The number of hydrogen-bond donors (Lipinski definition) is 1. The van der Waals surface area contributed by atoms with Crippen molar-refractivity contribution in [1.29, 1.82) is 0 Å². The zero-order chi connectivity index (χ0) is 18.4. The van der Waals surface area contributed by atoms with Gasteiger partial charge < -0.3 is 14.8 Å². The van der Waals surface area contributed by atoms with E-state index in [2.05, 4.69) is 15.3 Å².